The minimum absolute atomic E-state index is 0.00988. The summed E-state index contributed by atoms with van der Waals surface area (Å²) >= 11 is 0. The number of carboxylic acid groups (broad SMARTS) is 1. The van der Waals surface area contributed by atoms with Gasteiger partial charge in [-0.2, -0.15) is 0 Å². The molecule has 1 heterocycles. The summed E-state index contributed by atoms with van der Waals surface area (Å²) in [5, 5.41) is 14.4. The maximum atomic E-state index is 13.3. The SMILES string of the molecule is CCC(C[C@H](NC(=O)OCc1ccccc1)C(=O)OC)OC(=O)N1Cc2cccc(/C=C/CCC(C)(C)COC(=O)N[C@H](C(=O)O)C(C)(C)C)c2C1. The molecule has 3 rings (SSSR count). The minimum Gasteiger partial charge on any atom is -0.480 e. The van der Waals surface area contributed by atoms with Crippen molar-refractivity contribution in [2.24, 2.45) is 10.8 Å². The average molecular weight is 724 g/mol. The Morgan fingerprint density at radius 3 is 2.25 bits per heavy atom. The summed E-state index contributed by atoms with van der Waals surface area (Å²) in [5.74, 6) is -1.80. The van der Waals surface area contributed by atoms with E-state index in [2.05, 4.69) is 10.6 Å². The molecule has 0 radical (unpaired) electrons. The molecule has 1 aliphatic heterocycles. The number of benzene rings is 2. The van der Waals surface area contributed by atoms with Gasteiger partial charge in [0.1, 0.15) is 24.8 Å². The van der Waals surface area contributed by atoms with Crippen LogP contribution in [-0.4, -0.2) is 72.1 Å². The van der Waals surface area contributed by atoms with Crippen LogP contribution in [0.2, 0.25) is 0 Å². The van der Waals surface area contributed by atoms with Crippen LogP contribution in [0.25, 0.3) is 6.08 Å². The third-order valence-corrected chi connectivity index (χ3v) is 8.74. The van der Waals surface area contributed by atoms with Gasteiger partial charge in [0.25, 0.3) is 0 Å². The number of methoxy groups -OCH3 is 1. The highest BCUT2D eigenvalue weighted by Crippen LogP contribution is 2.29. The predicted octanol–water partition coefficient (Wildman–Crippen LogP) is 6.82. The highest BCUT2D eigenvalue weighted by atomic mass is 16.6. The second kappa shape index (κ2) is 19.0. The molecule has 0 aliphatic carbocycles. The summed E-state index contributed by atoms with van der Waals surface area (Å²) in [5.41, 5.74) is 2.73. The molecule has 1 unspecified atom stereocenters. The lowest BCUT2D eigenvalue weighted by Crippen LogP contribution is -2.49. The first-order valence-electron chi connectivity index (χ1n) is 17.5. The molecule has 3 N–H and O–H groups in total. The Morgan fingerprint density at radius 1 is 0.923 bits per heavy atom. The van der Waals surface area contributed by atoms with Gasteiger partial charge in [-0.3, -0.25) is 4.90 Å². The van der Waals surface area contributed by atoms with E-state index in [1.807, 2.05) is 81.5 Å². The molecule has 3 amide bonds. The van der Waals surface area contributed by atoms with E-state index in [4.69, 9.17) is 18.9 Å². The number of aliphatic carboxylic acids is 1. The Morgan fingerprint density at radius 2 is 1.62 bits per heavy atom. The number of amides is 3. The van der Waals surface area contributed by atoms with Crippen LogP contribution in [0.4, 0.5) is 14.4 Å². The maximum Gasteiger partial charge on any atom is 0.410 e. The molecular formula is C39H53N3O10. The molecule has 0 saturated heterocycles. The number of alkyl carbamates (subject to hydrolysis) is 2. The third kappa shape index (κ3) is 12.9. The monoisotopic (exact) mass is 723 g/mol. The van der Waals surface area contributed by atoms with Crippen LogP contribution >= 0.6 is 0 Å². The van der Waals surface area contributed by atoms with Crippen molar-refractivity contribution in [2.45, 2.75) is 105 Å². The van der Waals surface area contributed by atoms with E-state index < -0.39 is 53.8 Å². The van der Waals surface area contributed by atoms with E-state index in [1.165, 1.54) is 7.11 Å². The molecule has 0 bridgehead atoms. The highest BCUT2D eigenvalue weighted by molar-refractivity contribution is 5.81. The van der Waals surface area contributed by atoms with Gasteiger partial charge in [0.05, 0.1) is 20.3 Å². The molecule has 2 aromatic carbocycles. The van der Waals surface area contributed by atoms with E-state index in [-0.39, 0.29) is 25.0 Å². The van der Waals surface area contributed by atoms with Gasteiger partial charge in [-0.05, 0) is 52.3 Å². The largest absolute Gasteiger partial charge is 0.480 e. The van der Waals surface area contributed by atoms with Gasteiger partial charge in [0.2, 0.25) is 0 Å². The van der Waals surface area contributed by atoms with E-state index >= 15 is 0 Å². The number of nitrogens with one attached hydrogen (secondary N) is 2. The first-order valence-corrected chi connectivity index (χ1v) is 17.5. The molecular weight excluding hydrogens is 670 g/mol. The van der Waals surface area contributed by atoms with Crippen LogP contribution in [0.1, 0.15) is 89.5 Å². The quantitative estimate of drug-likeness (QED) is 0.123. The van der Waals surface area contributed by atoms with Crippen LogP contribution in [0.15, 0.2) is 54.6 Å². The van der Waals surface area contributed by atoms with Gasteiger partial charge in [-0.15, -0.1) is 0 Å². The molecule has 52 heavy (non-hydrogen) atoms. The second-order valence-electron chi connectivity index (χ2n) is 14.7. The number of carbonyl (C=O) groups is 5. The van der Waals surface area contributed by atoms with E-state index in [1.54, 1.807) is 25.7 Å². The van der Waals surface area contributed by atoms with Gasteiger partial charge in [0.15, 0.2) is 0 Å². The topological polar surface area (TPSA) is 170 Å². The Hall–Kier alpha value is -5.07. The summed E-state index contributed by atoms with van der Waals surface area (Å²) in [4.78, 5) is 63.8. The number of fused-ring (bicyclic) bond motifs is 1. The van der Waals surface area contributed by atoms with Gasteiger partial charge >= 0.3 is 30.2 Å². The van der Waals surface area contributed by atoms with Gasteiger partial charge in [-0.1, -0.05) is 102 Å². The van der Waals surface area contributed by atoms with Crippen molar-refractivity contribution in [1.82, 2.24) is 15.5 Å². The van der Waals surface area contributed by atoms with E-state index in [0.29, 0.717) is 32.4 Å². The van der Waals surface area contributed by atoms with Crippen molar-refractivity contribution in [3.63, 3.8) is 0 Å². The normalized spacial score (nSPS) is 14.5. The number of ether oxygens (including phenoxy) is 4. The van der Waals surface area contributed by atoms with Gasteiger partial charge in [0, 0.05) is 13.0 Å². The first-order chi connectivity index (χ1) is 24.5. The third-order valence-electron chi connectivity index (χ3n) is 8.74. The van der Waals surface area contributed by atoms with Crippen LogP contribution in [0, 0.1) is 10.8 Å². The van der Waals surface area contributed by atoms with Crippen molar-refractivity contribution in [3.8, 4) is 0 Å². The number of rotatable bonds is 16. The van der Waals surface area contributed by atoms with Crippen molar-refractivity contribution in [2.75, 3.05) is 13.7 Å². The zero-order chi connectivity index (χ0) is 38.5. The van der Waals surface area contributed by atoms with E-state index in [0.717, 1.165) is 22.3 Å². The van der Waals surface area contributed by atoms with Crippen molar-refractivity contribution in [3.05, 3.63) is 76.9 Å². The van der Waals surface area contributed by atoms with Crippen LogP contribution in [-0.2, 0) is 48.2 Å². The minimum atomic E-state index is -1.12. The first kappa shape index (κ1) is 41.4. The fraction of sp³-hybridized carbons (Fsp3) is 0.513. The van der Waals surface area contributed by atoms with Crippen LogP contribution in [0.3, 0.4) is 0 Å². The molecule has 1 aliphatic rings. The lowest BCUT2D eigenvalue weighted by Gasteiger charge is -2.28. The van der Waals surface area contributed by atoms with Gasteiger partial charge < -0.3 is 34.7 Å². The molecule has 2 aromatic rings. The lowest BCUT2D eigenvalue weighted by molar-refractivity contribution is -0.144. The number of carboxylic acids is 1. The number of allylic oxidation sites excluding steroid dienone is 1. The molecule has 0 fully saturated rings. The Labute approximate surface area is 306 Å². The fourth-order valence-corrected chi connectivity index (χ4v) is 5.60. The smallest absolute Gasteiger partial charge is 0.410 e. The number of esters is 1. The Kier molecular flexibility index (Phi) is 15.1. The molecule has 3 atom stereocenters. The zero-order valence-corrected chi connectivity index (χ0v) is 31.2. The number of hydrogen-bond donors (Lipinski definition) is 3. The molecule has 0 aromatic heterocycles. The predicted molar refractivity (Wildman–Crippen MR) is 194 cm³/mol. The van der Waals surface area contributed by atoms with E-state index in [9.17, 15) is 29.1 Å². The molecule has 13 heteroatoms. The summed E-state index contributed by atoms with van der Waals surface area (Å²) in [7, 11) is 1.22. The molecule has 284 valence electrons. The zero-order valence-electron chi connectivity index (χ0n) is 31.2. The Bertz CT molecular complexity index is 1570. The Balaban J connectivity index is 1.52. The number of hydrogen-bond acceptors (Lipinski definition) is 9. The average Bonchev–Trinajstić information content (AvgIpc) is 3.55. The van der Waals surface area contributed by atoms with Crippen molar-refractivity contribution >= 4 is 36.3 Å². The number of carbonyl (C=O) groups excluding carboxylic acids is 4. The number of nitrogens with zero attached hydrogens (tertiary/aromatic N) is 1. The maximum absolute atomic E-state index is 13.3. The standard InChI is InChI=1S/C39H53N3O10/c1-8-29(21-31(34(45)49-7)40-35(46)50-24-26-15-10-9-11-16-26)52-37(48)42-22-28-19-14-18-27(30(28)23-42)17-12-13-20-39(5,6)25-51-36(47)41-32(33(43)44)38(2,3)4/h9-12,14-19,29,31-32H,8,13,20-25H2,1-7H3,(H,40,46)(H,41,47)(H,43,44)/b17-12+/t29?,31-,32+/m0/s1. The molecule has 0 spiro atoms. The molecule has 0 saturated carbocycles. The van der Waals surface area contributed by atoms with Gasteiger partial charge in [-0.25, -0.2) is 24.0 Å². The summed E-state index contributed by atoms with van der Waals surface area (Å²) in [6.45, 7) is 11.8. The molecule has 13 nitrogen and oxygen atoms in total. The fourth-order valence-electron chi connectivity index (χ4n) is 5.60. The summed E-state index contributed by atoms with van der Waals surface area (Å²) in [6.07, 6.45) is 3.10. The highest BCUT2D eigenvalue weighted by Gasteiger charge is 2.34. The van der Waals surface area contributed by atoms with Crippen LogP contribution < -0.4 is 10.6 Å². The van der Waals surface area contributed by atoms with Crippen molar-refractivity contribution in [1.29, 1.82) is 0 Å². The summed E-state index contributed by atoms with van der Waals surface area (Å²) in [6, 6.07) is 12.9. The van der Waals surface area contributed by atoms with Crippen LogP contribution in [0.5, 0.6) is 0 Å². The van der Waals surface area contributed by atoms with Crippen molar-refractivity contribution < 1.29 is 48.0 Å². The second-order valence-corrected chi connectivity index (χ2v) is 14.7. The lowest BCUT2D eigenvalue weighted by atomic mass is 9.87. The summed E-state index contributed by atoms with van der Waals surface area (Å²) < 4.78 is 21.3.